The minimum atomic E-state index is -0.757. The van der Waals surface area contributed by atoms with Gasteiger partial charge in [0.25, 0.3) is 11.8 Å². The van der Waals surface area contributed by atoms with E-state index in [9.17, 15) is 9.59 Å². The average Bonchev–Trinajstić information content (AvgIpc) is 2.82. The van der Waals surface area contributed by atoms with Crippen molar-refractivity contribution in [2.24, 2.45) is 11.0 Å². The summed E-state index contributed by atoms with van der Waals surface area (Å²) in [6, 6.07) is 20.5. The van der Waals surface area contributed by atoms with Gasteiger partial charge in [0, 0.05) is 15.6 Å². The molecule has 0 aliphatic carbocycles. The van der Waals surface area contributed by atoms with E-state index in [1.165, 1.54) is 6.21 Å². The van der Waals surface area contributed by atoms with Gasteiger partial charge in [-0.1, -0.05) is 55.2 Å². The van der Waals surface area contributed by atoms with Crippen LogP contribution in [0.4, 0.5) is 0 Å². The lowest BCUT2D eigenvalue weighted by molar-refractivity contribution is -0.123. The quantitative estimate of drug-likeness (QED) is 0.303. The van der Waals surface area contributed by atoms with Crippen LogP contribution in [0.2, 0.25) is 10.0 Å². The van der Waals surface area contributed by atoms with Crippen molar-refractivity contribution in [2.45, 2.75) is 26.5 Å². The minimum absolute atomic E-state index is 0.143. The Balaban J connectivity index is 1.52. The van der Waals surface area contributed by atoms with Gasteiger partial charge in [-0.3, -0.25) is 9.59 Å². The summed E-state index contributed by atoms with van der Waals surface area (Å²) in [5, 5.41) is 7.89. The second kappa shape index (κ2) is 12.2. The van der Waals surface area contributed by atoms with Crippen LogP contribution in [0.5, 0.6) is 5.75 Å². The van der Waals surface area contributed by atoms with E-state index in [-0.39, 0.29) is 11.8 Å². The lowest BCUT2D eigenvalue weighted by atomic mass is 10.0. The molecule has 0 fully saturated rings. The number of benzene rings is 3. The molecule has 2 amide bonds. The fourth-order valence-corrected chi connectivity index (χ4v) is 3.34. The SMILES string of the molecule is CC(C)C(NC(=O)c1cccc(Cl)c1)C(=O)NN=Cc1ccc(OCc2ccc(Cl)cc2)cc1. The van der Waals surface area contributed by atoms with Gasteiger partial charge in [-0.25, -0.2) is 5.43 Å². The Morgan fingerprint density at radius 3 is 2.32 bits per heavy atom. The number of hydrazone groups is 1. The Morgan fingerprint density at radius 2 is 1.68 bits per heavy atom. The van der Waals surface area contributed by atoms with Crippen LogP contribution in [0.3, 0.4) is 0 Å². The van der Waals surface area contributed by atoms with Crippen molar-refractivity contribution in [1.29, 1.82) is 0 Å². The number of halogens is 2. The summed E-state index contributed by atoms with van der Waals surface area (Å²) in [4.78, 5) is 25.1. The van der Waals surface area contributed by atoms with Crippen LogP contribution >= 0.6 is 23.2 Å². The van der Waals surface area contributed by atoms with Crippen LogP contribution in [0.15, 0.2) is 77.9 Å². The molecule has 3 aromatic rings. The van der Waals surface area contributed by atoms with Crippen molar-refractivity contribution in [3.8, 4) is 5.75 Å². The topological polar surface area (TPSA) is 79.8 Å². The predicted octanol–water partition coefficient (Wildman–Crippen LogP) is 5.48. The van der Waals surface area contributed by atoms with Crippen molar-refractivity contribution in [2.75, 3.05) is 0 Å². The summed E-state index contributed by atoms with van der Waals surface area (Å²) in [5.74, 6) is -0.228. The number of carbonyl (C=O) groups excluding carboxylic acids is 2. The molecule has 0 aromatic heterocycles. The van der Waals surface area contributed by atoms with Crippen LogP contribution < -0.4 is 15.5 Å². The van der Waals surface area contributed by atoms with E-state index < -0.39 is 11.9 Å². The first-order valence-corrected chi connectivity index (χ1v) is 11.4. The summed E-state index contributed by atoms with van der Waals surface area (Å²) < 4.78 is 5.76. The highest BCUT2D eigenvalue weighted by Crippen LogP contribution is 2.15. The van der Waals surface area contributed by atoms with Crippen molar-refractivity contribution < 1.29 is 14.3 Å². The average molecular weight is 498 g/mol. The third kappa shape index (κ3) is 7.61. The van der Waals surface area contributed by atoms with Crippen molar-refractivity contribution >= 4 is 41.2 Å². The van der Waals surface area contributed by atoms with E-state index in [1.807, 2.05) is 62.4 Å². The lowest BCUT2D eigenvalue weighted by Crippen LogP contribution is -2.48. The zero-order chi connectivity index (χ0) is 24.5. The van der Waals surface area contributed by atoms with E-state index in [4.69, 9.17) is 27.9 Å². The molecule has 2 N–H and O–H groups in total. The molecule has 0 saturated carbocycles. The molecular weight excluding hydrogens is 473 g/mol. The Bertz CT molecular complexity index is 1150. The summed E-state index contributed by atoms with van der Waals surface area (Å²) in [5.41, 5.74) is 4.67. The Labute approximate surface area is 208 Å². The summed E-state index contributed by atoms with van der Waals surface area (Å²) in [6.45, 7) is 4.11. The molecule has 0 aliphatic rings. The van der Waals surface area contributed by atoms with Crippen molar-refractivity contribution in [1.82, 2.24) is 10.7 Å². The molecule has 0 aliphatic heterocycles. The van der Waals surface area contributed by atoms with E-state index >= 15 is 0 Å². The first-order valence-electron chi connectivity index (χ1n) is 10.7. The number of hydrogen-bond acceptors (Lipinski definition) is 4. The molecule has 1 unspecified atom stereocenters. The van der Waals surface area contributed by atoms with Gasteiger partial charge in [0.15, 0.2) is 0 Å². The molecule has 6 nitrogen and oxygen atoms in total. The highest BCUT2D eigenvalue weighted by atomic mass is 35.5. The molecule has 0 heterocycles. The molecular formula is C26H25Cl2N3O3. The number of rotatable bonds is 9. The van der Waals surface area contributed by atoms with Crippen LogP contribution in [0.25, 0.3) is 0 Å². The van der Waals surface area contributed by atoms with E-state index in [1.54, 1.807) is 24.3 Å². The molecule has 34 heavy (non-hydrogen) atoms. The maximum Gasteiger partial charge on any atom is 0.262 e. The zero-order valence-corrected chi connectivity index (χ0v) is 20.3. The van der Waals surface area contributed by atoms with Gasteiger partial charge in [0.1, 0.15) is 18.4 Å². The fraction of sp³-hybridized carbons (Fsp3) is 0.192. The number of nitrogens with one attached hydrogen (secondary N) is 2. The first kappa shape index (κ1) is 25.3. The van der Waals surface area contributed by atoms with Gasteiger partial charge in [-0.15, -0.1) is 0 Å². The number of hydrogen-bond donors (Lipinski definition) is 2. The molecule has 3 rings (SSSR count). The summed E-state index contributed by atoms with van der Waals surface area (Å²) in [7, 11) is 0. The second-order valence-corrected chi connectivity index (χ2v) is 8.80. The molecule has 0 bridgehead atoms. The third-order valence-electron chi connectivity index (χ3n) is 4.91. The van der Waals surface area contributed by atoms with Crippen molar-refractivity contribution in [3.63, 3.8) is 0 Å². The van der Waals surface area contributed by atoms with Gasteiger partial charge in [-0.05, 0) is 71.6 Å². The number of nitrogens with zero attached hydrogens (tertiary/aromatic N) is 1. The molecule has 8 heteroatoms. The molecule has 0 radical (unpaired) electrons. The Kier molecular flexibility index (Phi) is 9.08. The minimum Gasteiger partial charge on any atom is -0.489 e. The standard InChI is InChI=1S/C26H25Cl2N3O3/c1-17(2)24(30-25(32)20-4-3-5-22(28)14-20)26(33)31-29-15-18-8-12-23(13-9-18)34-16-19-6-10-21(27)11-7-19/h3-15,17,24H,16H2,1-2H3,(H,30,32)(H,31,33). The van der Waals surface area contributed by atoms with E-state index in [2.05, 4.69) is 15.8 Å². The van der Waals surface area contributed by atoms with Crippen LogP contribution in [0.1, 0.15) is 35.3 Å². The van der Waals surface area contributed by atoms with E-state index in [0.29, 0.717) is 28.0 Å². The number of amides is 2. The molecule has 3 aromatic carbocycles. The predicted molar refractivity (Wildman–Crippen MR) is 136 cm³/mol. The molecule has 1 atom stereocenters. The third-order valence-corrected chi connectivity index (χ3v) is 5.40. The van der Waals surface area contributed by atoms with Crippen LogP contribution in [-0.2, 0) is 11.4 Å². The van der Waals surface area contributed by atoms with Gasteiger partial charge in [0.05, 0.1) is 6.21 Å². The second-order valence-electron chi connectivity index (χ2n) is 7.92. The largest absolute Gasteiger partial charge is 0.489 e. The fourth-order valence-electron chi connectivity index (χ4n) is 3.03. The highest BCUT2D eigenvalue weighted by Gasteiger charge is 2.24. The Morgan fingerprint density at radius 1 is 0.971 bits per heavy atom. The van der Waals surface area contributed by atoms with Gasteiger partial charge >= 0.3 is 0 Å². The number of carbonyl (C=O) groups is 2. The summed E-state index contributed by atoms with van der Waals surface area (Å²) in [6.07, 6.45) is 1.52. The molecule has 0 spiro atoms. The van der Waals surface area contributed by atoms with Gasteiger partial charge in [0.2, 0.25) is 0 Å². The Hall–Kier alpha value is -3.35. The molecule has 0 saturated heterocycles. The van der Waals surface area contributed by atoms with E-state index in [0.717, 1.165) is 11.1 Å². The van der Waals surface area contributed by atoms with Crippen LogP contribution in [0, 0.1) is 5.92 Å². The first-order chi connectivity index (χ1) is 16.3. The number of ether oxygens (including phenoxy) is 1. The van der Waals surface area contributed by atoms with Gasteiger partial charge < -0.3 is 10.1 Å². The summed E-state index contributed by atoms with van der Waals surface area (Å²) >= 11 is 11.8. The smallest absolute Gasteiger partial charge is 0.262 e. The molecule has 176 valence electrons. The normalized spacial score (nSPS) is 11.9. The zero-order valence-electron chi connectivity index (χ0n) is 18.8. The van der Waals surface area contributed by atoms with Gasteiger partial charge in [-0.2, -0.15) is 5.10 Å². The van der Waals surface area contributed by atoms with Crippen molar-refractivity contribution in [3.05, 3.63) is 99.5 Å². The highest BCUT2D eigenvalue weighted by molar-refractivity contribution is 6.31. The maximum atomic E-state index is 12.6. The van der Waals surface area contributed by atoms with Crippen LogP contribution in [-0.4, -0.2) is 24.1 Å². The maximum absolute atomic E-state index is 12.6. The lowest BCUT2D eigenvalue weighted by Gasteiger charge is -2.20. The monoisotopic (exact) mass is 497 g/mol.